The SMILES string of the molecule is N=C(N)c1ccc(OCCCC(CC(=O)O)(c2cscn2)N2CCNC(=O)C2=O)cc1. The molecule has 2 amide bonds. The minimum Gasteiger partial charge on any atom is -0.494 e. The Morgan fingerprint density at radius 2 is 2.10 bits per heavy atom. The number of carbonyl (C=O) groups excluding carboxylic acids is 2. The molecular weight excluding hydrogens is 422 g/mol. The second kappa shape index (κ2) is 9.56. The summed E-state index contributed by atoms with van der Waals surface area (Å²) in [5.41, 5.74) is 6.80. The predicted octanol–water partition coefficient (Wildman–Crippen LogP) is 0.915. The molecule has 1 aromatic heterocycles. The van der Waals surface area contributed by atoms with Crippen molar-refractivity contribution < 1.29 is 24.2 Å². The Hall–Kier alpha value is -3.47. The van der Waals surface area contributed by atoms with E-state index in [1.165, 1.54) is 16.2 Å². The van der Waals surface area contributed by atoms with Gasteiger partial charge < -0.3 is 25.8 Å². The molecule has 0 saturated carbocycles. The number of rotatable bonds is 10. The zero-order chi connectivity index (χ0) is 22.4. The molecule has 10 nitrogen and oxygen atoms in total. The van der Waals surface area contributed by atoms with Crippen LogP contribution < -0.4 is 15.8 Å². The van der Waals surface area contributed by atoms with Crippen LogP contribution in [0.25, 0.3) is 0 Å². The maximum Gasteiger partial charge on any atom is 0.312 e. The predicted molar refractivity (Wildman–Crippen MR) is 113 cm³/mol. The number of thiazole rings is 1. The quantitative estimate of drug-likeness (QED) is 0.183. The molecule has 0 aliphatic carbocycles. The van der Waals surface area contributed by atoms with Crippen LogP contribution in [0, 0.1) is 5.41 Å². The first kappa shape index (κ1) is 22.2. The van der Waals surface area contributed by atoms with E-state index in [1.807, 2.05) is 0 Å². The van der Waals surface area contributed by atoms with Gasteiger partial charge in [-0.2, -0.15) is 0 Å². The summed E-state index contributed by atoms with van der Waals surface area (Å²) in [6.07, 6.45) is 0.307. The zero-order valence-electron chi connectivity index (χ0n) is 16.7. The van der Waals surface area contributed by atoms with Crippen LogP contribution in [-0.4, -0.2) is 58.3 Å². The number of amidine groups is 1. The highest BCUT2D eigenvalue weighted by Crippen LogP contribution is 2.37. The third kappa shape index (κ3) is 5.00. The van der Waals surface area contributed by atoms with Crippen LogP contribution in [0.3, 0.4) is 0 Å². The van der Waals surface area contributed by atoms with E-state index >= 15 is 0 Å². The molecule has 2 heterocycles. The zero-order valence-corrected chi connectivity index (χ0v) is 17.5. The van der Waals surface area contributed by atoms with Gasteiger partial charge in [0.1, 0.15) is 11.6 Å². The maximum absolute atomic E-state index is 12.6. The summed E-state index contributed by atoms with van der Waals surface area (Å²) in [4.78, 5) is 42.0. The van der Waals surface area contributed by atoms with E-state index in [0.717, 1.165) is 0 Å². The van der Waals surface area contributed by atoms with E-state index in [0.29, 0.717) is 23.4 Å². The number of piperazine rings is 1. The summed E-state index contributed by atoms with van der Waals surface area (Å²) in [6, 6.07) is 6.74. The lowest BCUT2D eigenvalue weighted by molar-refractivity contribution is -0.157. The van der Waals surface area contributed by atoms with Gasteiger partial charge in [0.25, 0.3) is 0 Å². The number of nitrogens with one attached hydrogen (secondary N) is 2. The molecule has 0 radical (unpaired) electrons. The number of nitrogens with two attached hydrogens (primary N) is 1. The Bertz CT molecular complexity index is 963. The molecule has 31 heavy (non-hydrogen) atoms. The van der Waals surface area contributed by atoms with E-state index in [-0.39, 0.29) is 38.4 Å². The molecule has 5 N–H and O–H groups in total. The van der Waals surface area contributed by atoms with E-state index in [1.54, 1.807) is 35.2 Å². The number of hydrogen-bond acceptors (Lipinski definition) is 7. The number of nitrogen functional groups attached to an aromatic ring is 1. The number of carboxylic acids is 1. The topological polar surface area (TPSA) is 159 Å². The fourth-order valence-electron chi connectivity index (χ4n) is 3.64. The summed E-state index contributed by atoms with van der Waals surface area (Å²) in [7, 11) is 0. The van der Waals surface area contributed by atoms with E-state index in [9.17, 15) is 19.5 Å². The lowest BCUT2D eigenvalue weighted by atomic mass is 9.84. The summed E-state index contributed by atoms with van der Waals surface area (Å²) in [6.45, 7) is 0.705. The van der Waals surface area contributed by atoms with Crippen LogP contribution in [0.4, 0.5) is 0 Å². The lowest BCUT2D eigenvalue weighted by Gasteiger charge is -2.43. The van der Waals surface area contributed by atoms with E-state index in [4.69, 9.17) is 15.9 Å². The molecular formula is C20H23N5O5S. The smallest absolute Gasteiger partial charge is 0.312 e. The van der Waals surface area contributed by atoms with Crippen LogP contribution >= 0.6 is 11.3 Å². The molecule has 1 aliphatic rings. The highest BCUT2D eigenvalue weighted by molar-refractivity contribution is 7.07. The first-order valence-electron chi connectivity index (χ1n) is 9.61. The standard InChI is InChI=1S/C20H23N5O5S/c21-17(22)13-2-4-14(5-3-13)30-9-1-6-20(10-16(26)27,15-11-31-12-24-15)25-8-7-23-18(28)19(25)29/h2-5,11-12H,1,6-10H2,(H3,21,22)(H,23,28)(H,26,27). The van der Waals surface area contributed by atoms with E-state index < -0.39 is 23.3 Å². The van der Waals surface area contributed by atoms with E-state index in [2.05, 4.69) is 10.3 Å². The summed E-state index contributed by atoms with van der Waals surface area (Å²) in [5.74, 6) is -2.06. The van der Waals surface area contributed by atoms with Crippen LogP contribution in [0.5, 0.6) is 5.75 Å². The molecule has 1 atom stereocenters. The van der Waals surface area contributed by atoms with Crippen molar-refractivity contribution in [2.45, 2.75) is 24.8 Å². The van der Waals surface area contributed by atoms with Gasteiger partial charge in [0.05, 0.1) is 29.8 Å². The number of benzene rings is 1. The number of ether oxygens (including phenoxy) is 1. The van der Waals surface area contributed by atoms with Crippen LogP contribution in [0.15, 0.2) is 35.2 Å². The molecule has 11 heteroatoms. The van der Waals surface area contributed by atoms with Gasteiger partial charge in [0, 0.05) is 24.0 Å². The molecule has 1 aliphatic heterocycles. The molecule has 1 fully saturated rings. The minimum absolute atomic E-state index is 0.0384. The van der Waals surface area contributed by atoms with Crippen molar-refractivity contribution in [3.8, 4) is 5.75 Å². The van der Waals surface area contributed by atoms with Gasteiger partial charge in [0.2, 0.25) is 0 Å². The van der Waals surface area contributed by atoms with Crippen molar-refractivity contribution in [2.75, 3.05) is 19.7 Å². The molecule has 1 unspecified atom stereocenters. The van der Waals surface area contributed by atoms with Crippen molar-refractivity contribution in [1.82, 2.24) is 15.2 Å². The van der Waals surface area contributed by atoms with Gasteiger partial charge in [-0.1, -0.05) is 0 Å². The molecule has 3 rings (SSSR count). The molecule has 164 valence electrons. The largest absolute Gasteiger partial charge is 0.494 e. The fourth-order valence-corrected chi connectivity index (χ4v) is 4.29. The molecule has 0 spiro atoms. The third-order valence-electron chi connectivity index (χ3n) is 5.10. The second-order valence-corrected chi connectivity index (χ2v) is 7.80. The lowest BCUT2D eigenvalue weighted by Crippen LogP contribution is -2.60. The molecule has 1 saturated heterocycles. The average molecular weight is 446 g/mol. The summed E-state index contributed by atoms with van der Waals surface area (Å²) < 4.78 is 5.73. The second-order valence-electron chi connectivity index (χ2n) is 7.08. The number of aromatic nitrogens is 1. The normalized spacial score (nSPS) is 15.8. The van der Waals surface area contributed by atoms with Gasteiger partial charge in [-0.25, -0.2) is 4.98 Å². The Balaban J connectivity index is 1.77. The number of carbonyl (C=O) groups is 3. The van der Waals surface area contributed by atoms with Crippen molar-refractivity contribution >= 4 is 35.0 Å². The number of carboxylic acid groups (broad SMARTS) is 1. The monoisotopic (exact) mass is 445 g/mol. The molecule has 1 aromatic carbocycles. The number of amides is 2. The van der Waals surface area contributed by atoms with Gasteiger partial charge in [0.15, 0.2) is 0 Å². The van der Waals surface area contributed by atoms with Crippen molar-refractivity contribution in [1.29, 1.82) is 5.41 Å². The molecule has 0 bridgehead atoms. The average Bonchev–Trinajstić information content (AvgIpc) is 3.28. The van der Waals surface area contributed by atoms with Crippen molar-refractivity contribution in [2.24, 2.45) is 5.73 Å². The minimum atomic E-state index is -1.25. The van der Waals surface area contributed by atoms with Gasteiger partial charge >= 0.3 is 17.8 Å². The first-order chi connectivity index (χ1) is 14.8. The number of nitrogens with zero attached hydrogens (tertiary/aromatic N) is 2. The third-order valence-corrected chi connectivity index (χ3v) is 5.69. The first-order valence-corrected chi connectivity index (χ1v) is 10.6. The van der Waals surface area contributed by atoms with Crippen LogP contribution in [0.1, 0.15) is 30.5 Å². The maximum atomic E-state index is 12.6. The Labute approximate surface area is 182 Å². The van der Waals surface area contributed by atoms with Crippen molar-refractivity contribution in [3.05, 3.63) is 46.4 Å². The van der Waals surface area contributed by atoms with Gasteiger partial charge in [-0.15, -0.1) is 11.3 Å². The van der Waals surface area contributed by atoms with Gasteiger partial charge in [-0.3, -0.25) is 19.8 Å². The fraction of sp³-hybridized carbons (Fsp3) is 0.350. The van der Waals surface area contributed by atoms with Crippen LogP contribution in [0.2, 0.25) is 0 Å². The van der Waals surface area contributed by atoms with Crippen molar-refractivity contribution in [3.63, 3.8) is 0 Å². The number of hydrogen-bond donors (Lipinski definition) is 4. The van der Waals surface area contributed by atoms with Gasteiger partial charge in [-0.05, 0) is 37.1 Å². The molecule has 2 aromatic rings. The summed E-state index contributed by atoms with van der Waals surface area (Å²) >= 11 is 1.30. The Kier molecular flexibility index (Phi) is 6.85. The Morgan fingerprint density at radius 3 is 2.71 bits per heavy atom. The highest BCUT2D eigenvalue weighted by Gasteiger charge is 2.47. The highest BCUT2D eigenvalue weighted by atomic mass is 32.1. The summed E-state index contributed by atoms with van der Waals surface area (Å²) in [5, 5.41) is 21.2. The number of aliphatic carboxylic acids is 1. The van der Waals surface area contributed by atoms with Crippen LogP contribution in [-0.2, 0) is 19.9 Å². The Morgan fingerprint density at radius 1 is 1.35 bits per heavy atom.